The maximum absolute atomic E-state index is 9.57. The van der Waals surface area contributed by atoms with Crippen molar-refractivity contribution in [3.05, 3.63) is 0 Å². The second kappa shape index (κ2) is 7.34. The van der Waals surface area contributed by atoms with E-state index in [1.54, 1.807) is 0 Å². The minimum Gasteiger partial charge on any atom is -0.394 e. The van der Waals surface area contributed by atoms with Gasteiger partial charge in [0.1, 0.15) is 0 Å². The van der Waals surface area contributed by atoms with Crippen LogP contribution in [0, 0.1) is 0 Å². The van der Waals surface area contributed by atoms with Crippen molar-refractivity contribution in [2.75, 3.05) is 27.2 Å². The smallest absolute Gasteiger partial charge is 0.0613 e. The predicted octanol–water partition coefficient (Wildman–Crippen LogP) is 2.00. The highest BCUT2D eigenvalue weighted by Crippen LogP contribution is 2.30. The number of nitrogens with one attached hydrogen (secondary N) is 1. The van der Waals surface area contributed by atoms with Crippen LogP contribution in [-0.2, 0) is 0 Å². The minimum absolute atomic E-state index is 0.0259. The Labute approximate surface area is 107 Å². The van der Waals surface area contributed by atoms with E-state index in [4.69, 9.17) is 0 Å². The molecule has 2 atom stereocenters. The Morgan fingerprint density at radius 2 is 2.18 bits per heavy atom. The van der Waals surface area contributed by atoms with Crippen LogP contribution in [0.3, 0.4) is 0 Å². The van der Waals surface area contributed by atoms with Crippen molar-refractivity contribution in [1.82, 2.24) is 10.2 Å². The van der Waals surface area contributed by atoms with Crippen molar-refractivity contribution >= 4 is 0 Å². The van der Waals surface area contributed by atoms with Crippen molar-refractivity contribution in [1.29, 1.82) is 0 Å². The van der Waals surface area contributed by atoms with Gasteiger partial charge in [-0.15, -0.1) is 0 Å². The first-order valence-corrected chi connectivity index (χ1v) is 7.17. The Morgan fingerprint density at radius 1 is 1.41 bits per heavy atom. The first-order chi connectivity index (χ1) is 8.17. The molecule has 0 aliphatic heterocycles. The molecule has 0 bridgehead atoms. The first kappa shape index (κ1) is 14.9. The van der Waals surface area contributed by atoms with Crippen LogP contribution in [0.5, 0.6) is 0 Å². The van der Waals surface area contributed by atoms with E-state index in [0.29, 0.717) is 6.04 Å². The summed E-state index contributed by atoms with van der Waals surface area (Å²) in [7, 11) is 4.22. The molecule has 2 unspecified atom stereocenters. The lowest BCUT2D eigenvalue weighted by molar-refractivity contribution is 0.0741. The molecule has 17 heavy (non-hydrogen) atoms. The number of aliphatic hydroxyl groups excluding tert-OH is 1. The molecule has 3 heteroatoms. The van der Waals surface area contributed by atoms with Gasteiger partial charge in [0.25, 0.3) is 0 Å². The van der Waals surface area contributed by atoms with E-state index in [1.165, 1.54) is 38.6 Å². The van der Waals surface area contributed by atoms with Crippen LogP contribution in [0.1, 0.15) is 51.9 Å². The summed E-state index contributed by atoms with van der Waals surface area (Å²) in [4.78, 5) is 2.50. The average Bonchev–Trinajstić information content (AvgIpc) is 2.39. The van der Waals surface area contributed by atoms with Gasteiger partial charge in [0.05, 0.1) is 6.61 Å². The van der Waals surface area contributed by atoms with E-state index in [-0.39, 0.29) is 12.1 Å². The molecular weight excluding hydrogens is 212 g/mol. The lowest BCUT2D eigenvalue weighted by Crippen LogP contribution is -2.54. The lowest BCUT2D eigenvalue weighted by atomic mass is 9.79. The molecule has 1 fully saturated rings. The van der Waals surface area contributed by atoms with Crippen LogP contribution in [0.2, 0.25) is 0 Å². The molecule has 1 aliphatic carbocycles. The monoisotopic (exact) mass is 242 g/mol. The molecule has 0 aromatic rings. The van der Waals surface area contributed by atoms with E-state index in [0.717, 1.165) is 12.8 Å². The third-order valence-electron chi connectivity index (χ3n) is 4.39. The normalized spacial score (nSPS) is 29.8. The molecule has 0 aromatic carbocycles. The topological polar surface area (TPSA) is 35.5 Å². The number of aliphatic hydroxyl groups is 1. The maximum Gasteiger partial charge on any atom is 0.0613 e. The number of likely N-dealkylation sites (N-methyl/N-ethyl adjacent to an activating group) is 1. The maximum atomic E-state index is 9.57. The van der Waals surface area contributed by atoms with Gasteiger partial charge < -0.3 is 15.3 Å². The summed E-state index contributed by atoms with van der Waals surface area (Å²) < 4.78 is 0. The van der Waals surface area contributed by atoms with Crippen molar-refractivity contribution in [2.45, 2.75) is 63.5 Å². The minimum atomic E-state index is -0.0259. The molecule has 1 rings (SSSR count). The Morgan fingerprint density at radius 3 is 2.76 bits per heavy atom. The number of hydrogen-bond donors (Lipinski definition) is 2. The number of nitrogens with zero attached hydrogens (tertiary/aromatic N) is 1. The van der Waals surface area contributed by atoms with Crippen LogP contribution in [0.4, 0.5) is 0 Å². The second-order valence-electron chi connectivity index (χ2n) is 5.63. The zero-order valence-corrected chi connectivity index (χ0v) is 11.8. The third kappa shape index (κ3) is 4.23. The van der Waals surface area contributed by atoms with Crippen molar-refractivity contribution < 1.29 is 5.11 Å². The second-order valence-corrected chi connectivity index (χ2v) is 5.63. The molecule has 0 aromatic heterocycles. The molecule has 0 saturated heterocycles. The SMILES string of the molecule is CCCCCN(C)C1CCCC(CO)(NC)C1. The van der Waals surface area contributed by atoms with Gasteiger partial charge in [-0.2, -0.15) is 0 Å². The zero-order chi connectivity index (χ0) is 12.7. The summed E-state index contributed by atoms with van der Waals surface area (Å²) in [5, 5.41) is 12.9. The number of unbranched alkanes of at least 4 members (excludes halogenated alkanes) is 2. The molecule has 0 amide bonds. The van der Waals surface area contributed by atoms with E-state index < -0.39 is 0 Å². The van der Waals surface area contributed by atoms with E-state index in [1.807, 2.05) is 7.05 Å². The van der Waals surface area contributed by atoms with E-state index in [2.05, 4.69) is 24.2 Å². The standard InChI is InChI=1S/C14H30N2O/c1-4-5-6-10-16(3)13-8-7-9-14(11-13,12-17)15-2/h13,15,17H,4-12H2,1-3H3. The molecule has 1 saturated carbocycles. The Balaban J connectivity index is 2.42. The fraction of sp³-hybridized carbons (Fsp3) is 1.00. The van der Waals surface area contributed by atoms with Gasteiger partial charge >= 0.3 is 0 Å². The first-order valence-electron chi connectivity index (χ1n) is 7.17. The summed E-state index contributed by atoms with van der Waals surface area (Å²) >= 11 is 0. The fourth-order valence-electron chi connectivity index (χ4n) is 2.95. The summed E-state index contributed by atoms with van der Waals surface area (Å²) in [6.45, 7) is 3.71. The van der Waals surface area contributed by atoms with Crippen LogP contribution in [0.25, 0.3) is 0 Å². The Bertz CT molecular complexity index is 204. The molecule has 3 nitrogen and oxygen atoms in total. The van der Waals surface area contributed by atoms with E-state index in [9.17, 15) is 5.11 Å². The summed E-state index contributed by atoms with van der Waals surface area (Å²) in [5.74, 6) is 0. The Hall–Kier alpha value is -0.120. The zero-order valence-electron chi connectivity index (χ0n) is 11.8. The highest BCUT2D eigenvalue weighted by Gasteiger charge is 2.35. The molecule has 2 N–H and O–H groups in total. The van der Waals surface area contributed by atoms with Crippen molar-refractivity contribution in [3.8, 4) is 0 Å². The molecular formula is C14H30N2O. The van der Waals surface area contributed by atoms with Gasteiger partial charge in [-0.1, -0.05) is 19.8 Å². The van der Waals surface area contributed by atoms with Gasteiger partial charge in [0, 0.05) is 11.6 Å². The van der Waals surface area contributed by atoms with Gasteiger partial charge in [-0.25, -0.2) is 0 Å². The van der Waals surface area contributed by atoms with Crippen LogP contribution in [-0.4, -0.2) is 48.8 Å². The van der Waals surface area contributed by atoms with Crippen LogP contribution >= 0.6 is 0 Å². The highest BCUT2D eigenvalue weighted by atomic mass is 16.3. The van der Waals surface area contributed by atoms with Crippen molar-refractivity contribution in [3.63, 3.8) is 0 Å². The van der Waals surface area contributed by atoms with Gasteiger partial charge in [-0.3, -0.25) is 0 Å². The molecule has 1 aliphatic rings. The van der Waals surface area contributed by atoms with Gasteiger partial charge in [0.15, 0.2) is 0 Å². The number of rotatable bonds is 7. The summed E-state index contributed by atoms with van der Waals surface area (Å²) in [6.07, 6.45) is 8.62. The lowest BCUT2D eigenvalue weighted by Gasteiger charge is -2.43. The molecule has 0 spiro atoms. The van der Waals surface area contributed by atoms with E-state index >= 15 is 0 Å². The fourth-order valence-corrected chi connectivity index (χ4v) is 2.95. The largest absolute Gasteiger partial charge is 0.394 e. The summed E-state index contributed by atoms with van der Waals surface area (Å²) in [6, 6.07) is 0.639. The summed E-state index contributed by atoms with van der Waals surface area (Å²) in [5.41, 5.74) is -0.0259. The van der Waals surface area contributed by atoms with Gasteiger partial charge in [0.2, 0.25) is 0 Å². The highest BCUT2D eigenvalue weighted by molar-refractivity contribution is 4.95. The molecule has 0 heterocycles. The average molecular weight is 242 g/mol. The third-order valence-corrected chi connectivity index (χ3v) is 4.39. The van der Waals surface area contributed by atoms with Crippen LogP contribution in [0.15, 0.2) is 0 Å². The molecule has 102 valence electrons. The van der Waals surface area contributed by atoms with Crippen molar-refractivity contribution in [2.24, 2.45) is 0 Å². The predicted molar refractivity (Wildman–Crippen MR) is 73.3 cm³/mol. The Kier molecular flexibility index (Phi) is 6.45. The van der Waals surface area contributed by atoms with Gasteiger partial charge in [-0.05, 0) is 52.7 Å². The number of hydrogen-bond acceptors (Lipinski definition) is 3. The quantitative estimate of drug-likeness (QED) is 0.670. The molecule has 0 radical (unpaired) electrons. The van der Waals surface area contributed by atoms with Crippen LogP contribution < -0.4 is 5.32 Å².